The van der Waals surface area contributed by atoms with Gasteiger partial charge in [0.1, 0.15) is 5.60 Å². The molecule has 0 spiro atoms. The Morgan fingerprint density at radius 3 is 2.42 bits per heavy atom. The average Bonchev–Trinajstić information content (AvgIpc) is 2.48. The molecule has 1 fully saturated rings. The molecule has 1 aromatic rings. The van der Waals surface area contributed by atoms with Gasteiger partial charge in [-0.2, -0.15) is 0 Å². The van der Waals surface area contributed by atoms with Crippen LogP contribution in [0.25, 0.3) is 0 Å². The molecule has 0 aromatic heterocycles. The van der Waals surface area contributed by atoms with Gasteiger partial charge in [0.15, 0.2) is 0 Å². The number of carbonyl (C=O) groups is 1. The topological polar surface area (TPSA) is 41.9 Å². The van der Waals surface area contributed by atoms with Crippen molar-refractivity contribution in [1.82, 2.24) is 4.90 Å². The molecule has 0 N–H and O–H groups in total. The van der Waals surface area contributed by atoms with Crippen LogP contribution < -0.4 is 0 Å². The third-order valence-electron chi connectivity index (χ3n) is 4.27. The largest absolute Gasteiger partial charge is 0.444 e. The van der Waals surface area contributed by atoms with Gasteiger partial charge in [0.25, 0.3) is 0 Å². The van der Waals surface area contributed by atoms with Crippen LogP contribution >= 0.6 is 0 Å². The van der Waals surface area contributed by atoms with Crippen LogP contribution in [0.15, 0.2) is 35.3 Å². The van der Waals surface area contributed by atoms with E-state index in [9.17, 15) is 4.79 Å². The lowest BCUT2D eigenvalue weighted by atomic mass is 9.81. The minimum Gasteiger partial charge on any atom is -0.444 e. The predicted octanol–water partition coefficient (Wildman–Crippen LogP) is 4.86. The van der Waals surface area contributed by atoms with E-state index in [4.69, 9.17) is 9.73 Å². The van der Waals surface area contributed by atoms with E-state index < -0.39 is 5.60 Å². The predicted molar refractivity (Wildman–Crippen MR) is 98.5 cm³/mol. The quantitative estimate of drug-likeness (QED) is 0.777. The van der Waals surface area contributed by atoms with E-state index in [0.29, 0.717) is 13.1 Å². The fourth-order valence-corrected chi connectivity index (χ4v) is 2.99. The zero-order valence-electron chi connectivity index (χ0n) is 15.8. The van der Waals surface area contributed by atoms with Crippen LogP contribution in [0, 0.1) is 5.41 Å². The third-order valence-corrected chi connectivity index (χ3v) is 4.27. The second-order valence-corrected chi connectivity index (χ2v) is 8.20. The van der Waals surface area contributed by atoms with Gasteiger partial charge in [-0.05, 0) is 33.3 Å². The smallest absolute Gasteiger partial charge is 0.410 e. The van der Waals surface area contributed by atoms with E-state index in [2.05, 4.69) is 32.9 Å². The highest BCUT2D eigenvalue weighted by atomic mass is 16.6. The van der Waals surface area contributed by atoms with E-state index in [-0.39, 0.29) is 17.6 Å². The maximum Gasteiger partial charge on any atom is 0.410 e. The number of benzene rings is 1. The van der Waals surface area contributed by atoms with E-state index in [1.54, 1.807) is 4.90 Å². The van der Waals surface area contributed by atoms with Gasteiger partial charge in [0.2, 0.25) is 0 Å². The molecule has 0 radical (unpaired) electrons. The number of amides is 1. The Morgan fingerprint density at radius 1 is 1.25 bits per heavy atom. The van der Waals surface area contributed by atoms with Crippen molar-refractivity contribution in [2.45, 2.75) is 59.6 Å². The van der Waals surface area contributed by atoms with Gasteiger partial charge in [-0.25, -0.2) is 4.79 Å². The van der Waals surface area contributed by atoms with Crippen molar-refractivity contribution in [3.63, 3.8) is 0 Å². The van der Waals surface area contributed by atoms with Crippen LogP contribution in [0.5, 0.6) is 0 Å². The third kappa shape index (κ3) is 4.83. The Morgan fingerprint density at radius 2 is 1.88 bits per heavy atom. The van der Waals surface area contributed by atoms with Gasteiger partial charge in [-0.15, -0.1) is 0 Å². The normalized spacial score (nSPS) is 20.8. The fourth-order valence-electron chi connectivity index (χ4n) is 2.99. The Kier molecular flexibility index (Phi) is 5.36. The molecule has 24 heavy (non-hydrogen) atoms. The molecule has 1 heterocycles. The average molecular weight is 330 g/mol. The molecule has 1 atom stereocenters. The van der Waals surface area contributed by atoms with Crippen LogP contribution in [0.2, 0.25) is 0 Å². The van der Waals surface area contributed by atoms with Crippen molar-refractivity contribution in [1.29, 1.82) is 0 Å². The summed E-state index contributed by atoms with van der Waals surface area (Å²) < 4.78 is 5.50. The molecule has 4 heteroatoms. The molecular weight excluding hydrogens is 300 g/mol. The summed E-state index contributed by atoms with van der Waals surface area (Å²) in [5.41, 5.74) is 1.80. The number of ether oxygens (including phenoxy) is 1. The van der Waals surface area contributed by atoms with Gasteiger partial charge in [-0.1, -0.05) is 44.2 Å². The number of likely N-dealkylation sites (tertiary alicyclic amines) is 1. The highest BCUT2D eigenvalue weighted by Crippen LogP contribution is 2.30. The van der Waals surface area contributed by atoms with Crippen molar-refractivity contribution in [3.8, 4) is 0 Å². The molecule has 1 aliphatic rings. The molecule has 1 unspecified atom stereocenters. The first-order valence-electron chi connectivity index (χ1n) is 8.68. The van der Waals surface area contributed by atoms with Crippen molar-refractivity contribution >= 4 is 11.8 Å². The first-order chi connectivity index (χ1) is 11.1. The molecule has 1 saturated heterocycles. The molecule has 1 amide bonds. The number of piperidine rings is 1. The Hall–Kier alpha value is -1.84. The summed E-state index contributed by atoms with van der Waals surface area (Å²) in [6, 6.07) is 10.5. The summed E-state index contributed by atoms with van der Waals surface area (Å²) >= 11 is 0. The second kappa shape index (κ2) is 6.96. The Labute approximate surface area is 145 Å². The number of hydrogen-bond acceptors (Lipinski definition) is 3. The second-order valence-electron chi connectivity index (χ2n) is 8.20. The molecule has 132 valence electrons. The summed E-state index contributed by atoms with van der Waals surface area (Å²) in [7, 11) is 0. The lowest BCUT2D eigenvalue weighted by molar-refractivity contribution is 0.0192. The molecule has 0 bridgehead atoms. The van der Waals surface area contributed by atoms with Crippen LogP contribution in [0.1, 0.15) is 59.6 Å². The lowest BCUT2D eigenvalue weighted by Crippen LogP contribution is -2.50. The standard InChI is InChI=1S/C20H30N2O2/c1-15(16-10-8-7-9-11-16)21-17-12-13-22(14-20(17,5)6)18(23)24-19(2,3)4/h7-11,15H,12-14H2,1-6H3/b21-17-. The molecule has 1 aliphatic heterocycles. The molecule has 1 aromatic carbocycles. The van der Waals surface area contributed by atoms with Crippen molar-refractivity contribution < 1.29 is 9.53 Å². The van der Waals surface area contributed by atoms with Gasteiger partial charge in [0.05, 0.1) is 6.04 Å². The zero-order valence-corrected chi connectivity index (χ0v) is 15.8. The van der Waals surface area contributed by atoms with Crippen LogP contribution in [0.3, 0.4) is 0 Å². The highest BCUT2D eigenvalue weighted by Gasteiger charge is 2.36. The first-order valence-corrected chi connectivity index (χ1v) is 8.68. The Bertz CT molecular complexity index is 600. The van der Waals surface area contributed by atoms with Crippen molar-refractivity contribution in [3.05, 3.63) is 35.9 Å². The lowest BCUT2D eigenvalue weighted by Gasteiger charge is -2.40. The summed E-state index contributed by atoms with van der Waals surface area (Å²) in [5, 5.41) is 0. The molecule has 0 aliphatic carbocycles. The Balaban J connectivity index is 2.08. The monoisotopic (exact) mass is 330 g/mol. The van der Waals surface area contributed by atoms with Crippen LogP contribution in [-0.2, 0) is 4.74 Å². The van der Waals surface area contributed by atoms with E-state index in [1.807, 2.05) is 39.0 Å². The molecule has 0 saturated carbocycles. The number of aliphatic imine (C=N–C) groups is 1. The summed E-state index contributed by atoms with van der Waals surface area (Å²) in [6.45, 7) is 13.4. The number of nitrogens with zero attached hydrogens (tertiary/aromatic N) is 2. The SMILES string of the molecule is CC(/N=C1/CCN(C(=O)OC(C)(C)C)CC1(C)C)c1ccccc1. The fraction of sp³-hybridized carbons (Fsp3) is 0.600. The first kappa shape index (κ1) is 18.5. The number of hydrogen-bond donors (Lipinski definition) is 0. The summed E-state index contributed by atoms with van der Waals surface area (Å²) in [5.74, 6) is 0. The molecule has 4 nitrogen and oxygen atoms in total. The van der Waals surface area contributed by atoms with Crippen molar-refractivity contribution in [2.24, 2.45) is 10.4 Å². The van der Waals surface area contributed by atoms with E-state index >= 15 is 0 Å². The minimum absolute atomic E-state index is 0.133. The van der Waals surface area contributed by atoms with Gasteiger partial charge < -0.3 is 9.64 Å². The number of carbonyl (C=O) groups excluding carboxylic acids is 1. The van der Waals surface area contributed by atoms with Crippen LogP contribution in [-0.4, -0.2) is 35.4 Å². The maximum absolute atomic E-state index is 12.3. The summed E-state index contributed by atoms with van der Waals surface area (Å²) in [4.78, 5) is 19.1. The number of rotatable bonds is 2. The van der Waals surface area contributed by atoms with E-state index in [0.717, 1.165) is 6.42 Å². The summed E-state index contributed by atoms with van der Waals surface area (Å²) in [6.07, 6.45) is 0.564. The molecular formula is C20H30N2O2. The minimum atomic E-state index is -0.461. The van der Waals surface area contributed by atoms with Gasteiger partial charge >= 0.3 is 6.09 Å². The van der Waals surface area contributed by atoms with Gasteiger partial charge in [0, 0.05) is 30.6 Å². The van der Waals surface area contributed by atoms with Gasteiger partial charge in [-0.3, -0.25) is 4.99 Å². The highest BCUT2D eigenvalue weighted by molar-refractivity contribution is 5.92. The van der Waals surface area contributed by atoms with E-state index in [1.165, 1.54) is 11.3 Å². The van der Waals surface area contributed by atoms with Crippen molar-refractivity contribution in [2.75, 3.05) is 13.1 Å². The zero-order chi connectivity index (χ0) is 18.0. The molecule has 2 rings (SSSR count). The van der Waals surface area contributed by atoms with Crippen LogP contribution in [0.4, 0.5) is 4.79 Å². The maximum atomic E-state index is 12.3.